The van der Waals surface area contributed by atoms with Crippen molar-refractivity contribution in [2.45, 2.75) is 12.2 Å². The molecule has 2 atom stereocenters. The van der Waals surface area contributed by atoms with Crippen molar-refractivity contribution in [1.29, 1.82) is 5.26 Å². The first-order valence-electron chi connectivity index (χ1n) is 4.02. The molecule has 74 valence electrons. The Kier molecular flexibility index (Phi) is 3.89. The molecule has 1 rings (SSSR count). The molecule has 0 fully saturated rings. The zero-order chi connectivity index (χ0) is 10.6. The summed E-state index contributed by atoms with van der Waals surface area (Å²) in [6, 6.07) is 4.91. The predicted molar refractivity (Wildman–Crippen MR) is 53.8 cm³/mol. The molecule has 5 heteroatoms. The number of nitriles is 1. The number of aliphatic hydroxyl groups is 2. The topological polar surface area (TPSA) is 77.1 Å². The molecule has 14 heavy (non-hydrogen) atoms. The van der Waals surface area contributed by atoms with E-state index >= 15 is 0 Å². The lowest BCUT2D eigenvalue weighted by Gasteiger charge is -2.15. The van der Waals surface area contributed by atoms with Crippen molar-refractivity contribution in [3.05, 3.63) is 29.6 Å². The summed E-state index contributed by atoms with van der Waals surface area (Å²) in [4.78, 5) is 3.78. The molecule has 1 heterocycles. The van der Waals surface area contributed by atoms with Gasteiger partial charge in [-0.05, 0) is 6.07 Å². The van der Waals surface area contributed by atoms with E-state index in [9.17, 15) is 10.2 Å². The van der Waals surface area contributed by atoms with Crippen LogP contribution in [0.2, 0.25) is 0 Å². The van der Waals surface area contributed by atoms with Gasteiger partial charge in [0.05, 0.1) is 6.10 Å². The molecule has 1 aromatic rings. The Morgan fingerprint density at radius 2 is 2.21 bits per heavy atom. The minimum Gasteiger partial charge on any atom is -0.389 e. The number of thiol groups is 1. The van der Waals surface area contributed by atoms with Gasteiger partial charge in [-0.1, -0.05) is 6.07 Å². The minimum atomic E-state index is -1.01. The summed E-state index contributed by atoms with van der Waals surface area (Å²) < 4.78 is 0. The van der Waals surface area contributed by atoms with Crippen molar-refractivity contribution in [3.8, 4) is 6.07 Å². The molecule has 0 aliphatic heterocycles. The van der Waals surface area contributed by atoms with Crippen LogP contribution in [-0.2, 0) is 0 Å². The van der Waals surface area contributed by atoms with Crippen molar-refractivity contribution in [2.75, 3.05) is 5.75 Å². The van der Waals surface area contributed by atoms with Crippen LogP contribution in [0, 0.1) is 11.3 Å². The molecule has 0 saturated carbocycles. The fourth-order valence-corrected chi connectivity index (χ4v) is 1.17. The first-order valence-corrected chi connectivity index (χ1v) is 4.65. The van der Waals surface area contributed by atoms with E-state index in [0.29, 0.717) is 5.56 Å². The summed E-state index contributed by atoms with van der Waals surface area (Å²) in [5.41, 5.74) is 0.756. The standard InChI is InChI=1S/C9H10N2O2S/c10-3-7-2-1-6(4-11-7)9(13)8(12)5-14/h1-2,4,8-9,12-14H,5H2. The van der Waals surface area contributed by atoms with Crippen LogP contribution < -0.4 is 0 Å². The molecule has 1 aromatic heterocycles. The number of hydrogen-bond donors (Lipinski definition) is 3. The monoisotopic (exact) mass is 210 g/mol. The normalized spacial score (nSPS) is 14.4. The van der Waals surface area contributed by atoms with Crippen LogP contribution >= 0.6 is 12.6 Å². The molecular weight excluding hydrogens is 200 g/mol. The Hall–Kier alpha value is -1.09. The summed E-state index contributed by atoms with van der Waals surface area (Å²) in [5.74, 6) is 0.168. The summed E-state index contributed by atoms with van der Waals surface area (Å²) in [7, 11) is 0. The quantitative estimate of drug-likeness (QED) is 0.626. The second-order valence-electron chi connectivity index (χ2n) is 2.78. The Bertz CT molecular complexity index is 334. The summed E-state index contributed by atoms with van der Waals surface area (Å²) in [6.07, 6.45) is -0.559. The molecule has 0 aliphatic rings. The molecule has 4 nitrogen and oxygen atoms in total. The minimum absolute atomic E-state index is 0.168. The van der Waals surface area contributed by atoms with Gasteiger partial charge in [0.2, 0.25) is 0 Å². The lowest BCUT2D eigenvalue weighted by atomic mass is 10.1. The lowest BCUT2D eigenvalue weighted by molar-refractivity contribution is 0.0335. The third-order valence-electron chi connectivity index (χ3n) is 1.79. The highest BCUT2D eigenvalue weighted by Crippen LogP contribution is 2.16. The summed E-state index contributed by atoms with van der Waals surface area (Å²) in [6.45, 7) is 0. The van der Waals surface area contributed by atoms with E-state index in [-0.39, 0.29) is 11.4 Å². The van der Waals surface area contributed by atoms with Crippen LogP contribution in [0.3, 0.4) is 0 Å². The van der Waals surface area contributed by atoms with E-state index < -0.39 is 12.2 Å². The third kappa shape index (κ3) is 2.45. The fourth-order valence-electron chi connectivity index (χ4n) is 0.968. The summed E-state index contributed by atoms with van der Waals surface area (Å²) in [5, 5.41) is 27.3. The first kappa shape index (κ1) is 11.0. The maximum absolute atomic E-state index is 9.53. The molecule has 0 spiro atoms. The molecule has 2 unspecified atom stereocenters. The Balaban J connectivity index is 2.82. The van der Waals surface area contributed by atoms with Gasteiger partial charge in [-0.2, -0.15) is 17.9 Å². The maximum atomic E-state index is 9.53. The Morgan fingerprint density at radius 3 is 2.64 bits per heavy atom. The van der Waals surface area contributed by atoms with Gasteiger partial charge in [0.1, 0.15) is 17.9 Å². The zero-order valence-corrected chi connectivity index (χ0v) is 8.22. The van der Waals surface area contributed by atoms with E-state index in [1.165, 1.54) is 12.3 Å². The molecule has 0 bridgehead atoms. The van der Waals surface area contributed by atoms with Crippen LogP contribution in [0.25, 0.3) is 0 Å². The molecule has 2 N–H and O–H groups in total. The number of pyridine rings is 1. The van der Waals surface area contributed by atoms with Gasteiger partial charge in [-0.3, -0.25) is 0 Å². The van der Waals surface area contributed by atoms with E-state index in [1.54, 1.807) is 6.07 Å². The van der Waals surface area contributed by atoms with E-state index in [2.05, 4.69) is 17.6 Å². The van der Waals surface area contributed by atoms with Crippen LogP contribution in [0.15, 0.2) is 18.3 Å². The predicted octanol–water partition coefficient (Wildman–Crippen LogP) is 0.277. The first-order chi connectivity index (χ1) is 6.69. The maximum Gasteiger partial charge on any atom is 0.140 e. The van der Waals surface area contributed by atoms with E-state index in [1.807, 2.05) is 6.07 Å². The highest BCUT2D eigenvalue weighted by Gasteiger charge is 2.16. The largest absolute Gasteiger partial charge is 0.389 e. The van der Waals surface area contributed by atoms with Crippen LogP contribution in [-0.4, -0.2) is 27.1 Å². The molecular formula is C9H10N2O2S. The van der Waals surface area contributed by atoms with Gasteiger partial charge in [-0.15, -0.1) is 0 Å². The Labute approximate surface area is 87.2 Å². The van der Waals surface area contributed by atoms with Crippen molar-refractivity contribution in [2.24, 2.45) is 0 Å². The van der Waals surface area contributed by atoms with Crippen LogP contribution in [0.4, 0.5) is 0 Å². The highest BCUT2D eigenvalue weighted by molar-refractivity contribution is 7.80. The fraction of sp³-hybridized carbons (Fsp3) is 0.333. The lowest BCUT2D eigenvalue weighted by Crippen LogP contribution is -2.19. The van der Waals surface area contributed by atoms with E-state index in [0.717, 1.165) is 0 Å². The third-order valence-corrected chi connectivity index (χ3v) is 2.17. The molecule has 0 saturated heterocycles. The van der Waals surface area contributed by atoms with Gasteiger partial charge in [0.15, 0.2) is 0 Å². The number of aromatic nitrogens is 1. The van der Waals surface area contributed by atoms with Gasteiger partial charge in [0.25, 0.3) is 0 Å². The van der Waals surface area contributed by atoms with Crippen molar-refractivity contribution in [1.82, 2.24) is 4.98 Å². The smallest absolute Gasteiger partial charge is 0.140 e. The highest BCUT2D eigenvalue weighted by atomic mass is 32.1. The Morgan fingerprint density at radius 1 is 1.50 bits per heavy atom. The second-order valence-corrected chi connectivity index (χ2v) is 3.15. The van der Waals surface area contributed by atoms with Crippen molar-refractivity contribution >= 4 is 12.6 Å². The number of hydrogen-bond acceptors (Lipinski definition) is 5. The number of nitrogens with zero attached hydrogens (tertiary/aromatic N) is 2. The molecule has 0 radical (unpaired) electrons. The molecule has 0 amide bonds. The van der Waals surface area contributed by atoms with Gasteiger partial charge in [0, 0.05) is 17.5 Å². The molecule has 0 aromatic carbocycles. The van der Waals surface area contributed by atoms with Gasteiger partial charge >= 0.3 is 0 Å². The van der Waals surface area contributed by atoms with Gasteiger partial charge in [-0.25, -0.2) is 4.98 Å². The SMILES string of the molecule is N#Cc1ccc(C(O)C(O)CS)cn1. The average Bonchev–Trinajstić information content (AvgIpc) is 2.27. The average molecular weight is 210 g/mol. The van der Waals surface area contributed by atoms with E-state index in [4.69, 9.17) is 5.26 Å². The summed E-state index contributed by atoms with van der Waals surface area (Å²) >= 11 is 3.86. The number of rotatable bonds is 3. The van der Waals surface area contributed by atoms with Crippen molar-refractivity contribution in [3.63, 3.8) is 0 Å². The molecule has 0 aliphatic carbocycles. The van der Waals surface area contributed by atoms with Crippen LogP contribution in [0.5, 0.6) is 0 Å². The van der Waals surface area contributed by atoms with Crippen molar-refractivity contribution < 1.29 is 10.2 Å². The number of aliphatic hydroxyl groups excluding tert-OH is 2. The second kappa shape index (κ2) is 4.96. The zero-order valence-electron chi connectivity index (χ0n) is 7.33. The van der Waals surface area contributed by atoms with Gasteiger partial charge < -0.3 is 10.2 Å². The van der Waals surface area contributed by atoms with Crippen LogP contribution in [0.1, 0.15) is 17.4 Å².